The number of hydrogen-bond donors (Lipinski definition) is 2. The Morgan fingerprint density at radius 3 is 2.67 bits per heavy atom. The lowest BCUT2D eigenvalue weighted by atomic mass is 10.0. The summed E-state index contributed by atoms with van der Waals surface area (Å²) in [5.74, 6) is 2.24. The van der Waals surface area contributed by atoms with Crippen LogP contribution in [0.5, 0.6) is 0 Å². The van der Waals surface area contributed by atoms with Crippen molar-refractivity contribution in [2.45, 2.75) is 25.8 Å². The van der Waals surface area contributed by atoms with Crippen molar-refractivity contribution in [1.29, 1.82) is 0 Å². The molecule has 170 valence electrons. The predicted molar refractivity (Wildman–Crippen MR) is 129 cm³/mol. The summed E-state index contributed by atoms with van der Waals surface area (Å²) in [5.41, 5.74) is 9.26. The van der Waals surface area contributed by atoms with Gasteiger partial charge in [0, 0.05) is 42.2 Å². The van der Waals surface area contributed by atoms with Crippen LogP contribution in [0.15, 0.2) is 42.6 Å². The van der Waals surface area contributed by atoms with E-state index in [1.165, 1.54) is 0 Å². The van der Waals surface area contributed by atoms with Crippen LogP contribution < -0.4 is 11.1 Å². The molecule has 2 unspecified atom stereocenters. The molecule has 7 nitrogen and oxygen atoms in total. The molecule has 1 aromatic carbocycles. The summed E-state index contributed by atoms with van der Waals surface area (Å²) in [4.78, 5) is 24.6. The number of ether oxygens (including phenoxy) is 1. The van der Waals surface area contributed by atoms with E-state index in [9.17, 15) is 4.79 Å². The van der Waals surface area contributed by atoms with Crippen LogP contribution in [-0.2, 0) is 9.53 Å². The summed E-state index contributed by atoms with van der Waals surface area (Å²) in [7, 11) is 0. The first-order chi connectivity index (χ1) is 16.1. The molecule has 3 heterocycles. The number of morpholine rings is 1. The number of rotatable bonds is 4. The molecule has 0 bridgehead atoms. The first kappa shape index (κ1) is 20.6. The Morgan fingerprint density at radius 2 is 1.91 bits per heavy atom. The van der Waals surface area contributed by atoms with Crippen molar-refractivity contribution in [3.05, 3.63) is 48.2 Å². The van der Waals surface area contributed by atoms with Crippen LogP contribution in [0, 0.1) is 24.7 Å². The van der Waals surface area contributed by atoms with Crippen LogP contribution >= 0.6 is 0 Å². The van der Waals surface area contributed by atoms with Gasteiger partial charge in [-0.1, -0.05) is 24.3 Å². The van der Waals surface area contributed by atoms with Gasteiger partial charge >= 0.3 is 0 Å². The van der Waals surface area contributed by atoms with Crippen LogP contribution in [0.4, 0.5) is 11.6 Å². The van der Waals surface area contributed by atoms with Crippen molar-refractivity contribution < 1.29 is 9.53 Å². The normalized spacial score (nSPS) is 26.8. The van der Waals surface area contributed by atoms with Crippen molar-refractivity contribution >= 4 is 28.3 Å². The summed E-state index contributed by atoms with van der Waals surface area (Å²) in [5, 5.41) is 4.78. The lowest BCUT2D eigenvalue weighted by molar-refractivity contribution is -0.118. The molecule has 3 fully saturated rings. The summed E-state index contributed by atoms with van der Waals surface area (Å²) < 4.78 is 5.47. The number of benzene rings is 1. The van der Waals surface area contributed by atoms with E-state index in [0.29, 0.717) is 29.5 Å². The summed E-state index contributed by atoms with van der Waals surface area (Å²) in [6.07, 6.45) is 3.95. The maximum absolute atomic E-state index is 13.0. The van der Waals surface area contributed by atoms with E-state index >= 15 is 0 Å². The van der Waals surface area contributed by atoms with Gasteiger partial charge in [0.15, 0.2) is 0 Å². The first-order valence-corrected chi connectivity index (χ1v) is 11.8. The van der Waals surface area contributed by atoms with Crippen LogP contribution in [-0.4, -0.2) is 53.1 Å². The molecule has 33 heavy (non-hydrogen) atoms. The van der Waals surface area contributed by atoms with Crippen molar-refractivity contribution in [2.24, 2.45) is 17.8 Å². The van der Waals surface area contributed by atoms with Crippen LogP contribution in [0.25, 0.3) is 22.0 Å². The number of pyridine rings is 2. The number of anilines is 2. The van der Waals surface area contributed by atoms with E-state index in [-0.39, 0.29) is 11.8 Å². The standard InChI is InChI=1S/C26H29N5O2/c1-15-4-2-3-5-18(15)22-10-16-11-23(28-14-21(16)25(27)29-22)30-26(32)24-19-12-17(13-20(19)24)31-6-8-33-9-7-31/h2-5,10-11,14,17,19-20,24H,6-9,12-13H2,1H3,(H2,27,29)(H,28,30,32)/t17?,19-,20+,24?. The van der Waals surface area contributed by atoms with Gasteiger partial charge < -0.3 is 15.8 Å². The highest BCUT2D eigenvalue weighted by molar-refractivity contribution is 5.98. The molecule has 6 rings (SSSR count). The van der Waals surface area contributed by atoms with E-state index in [4.69, 9.17) is 10.5 Å². The first-order valence-electron chi connectivity index (χ1n) is 11.8. The van der Waals surface area contributed by atoms with Crippen molar-refractivity contribution in [3.8, 4) is 11.3 Å². The van der Waals surface area contributed by atoms with Gasteiger partial charge in [-0.3, -0.25) is 9.69 Å². The molecular weight excluding hydrogens is 414 g/mol. The van der Waals surface area contributed by atoms with E-state index < -0.39 is 0 Å². The van der Waals surface area contributed by atoms with Crippen molar-refractivity contribution in [2.75, 3.05) is 37.4 Å². The average molecular weight is 444 g/mol. The second-order valence-corrected chi connectivity index (χ2v) is 9.61. The SMILES string of the molecule is Cc1ccccc1-c1cc2cc(NC(=O)C3[C@H]4CC(N5CCOCC5)C[C@@H]34)ncc2c(N)n1. The van der Waals surface area contributed by atoms with Crippen molar-refractivity contribution in [1.82, 2.24) is 14.9 Å². The lowest BCUT2D eigenvalue weighted by Gasteiger charge is -2.33. The summed E-state index contributed by atoms with van der Waals surface area (Å²) in [6.45, 7) is 5.75. The molecule has 3 aromatic rings. The van der Waals surface area contributed by atoms with Gasteiger partial charge in [-0.25, -0.2) is 9.97 Å². The number of nitrogen functional groups attached to an aromatic ring is 1. The molecule has 2 aromatic heterocycles. The molecule has 0 spiro atoms. The van der Waals surface area contributed by atoms with E-state index in [2.05, 4.69) is 33.2 Å². The third-order valence-corrected chi connectivity index (χ3v) is 7.70. The molecule has 4 atom stereocenters. The number of amides is 1. The average Bonchev–Trinajstić information content (AvgIpc) is 3.33. The zero-order chi connectivity index (χ0) is 22.5. The van der Waals surface area contributed by atoms with E-state index in [1.807, 2.05) is 30.3 Å². The number of nitrogens with two attached hydrogens (primary N) is 1. The number of carbonyl (C=O) groups excluding carboxylic acids is 1. The second kappa shape index (κ2) is 8.08. The minimum Gasteiger partial charge on any atom is -0.383 e. The third-order valence-electron chi connectivity index (χ3n) is 7.70. The van der Waals surface area contributed by atoms with Gasteiger partial charge in [0.1, 0.15) is 11.6 Å². The topological polar surface area (TPSA) is 93.4 Å². The minimum absolute atomic E-state index is 0.0958. The number of aryl methyl sites for hydroxylation is 1. The Hall–Kier alpha value is -3.03. The Balaban J connectivity index is 1.17. The molecule has 2 aliphatic carbocycles. The van der Waals surface area contributed by atoms with Gasteiger partial charge in [0.05, 0.1) is 18.9 Å². The maximum atomic E-state index is 13.0. The largest absolute Gasteiger partial charge is 0.383 e. The van der Waals surface area contributed by atoms with Gasteiger partial charge in [0.2, 0.25) is 5.91 Å². The van der Waals surface area contributed by atoms with Gasteiger partial charge in [0.25, 0.3) is 0 Å². The molecule has 0 radical (unpaired) electrons. The molecule has 1 amide bonds. The highest BCUT2D eigenvalue weighted by atomic mass is 16.5. The number of nitrogens with zero attached hydrogens (tertiary/aromatic N) is 3. The number of carbonyl (C=O) groups is 1. The molecule has 1 saturated heterocycles. The lowest BCUT2D eigenvalue weighted by Crippen LogP contribution is -2.43. The molecule has 2 saturated carbocycles. The molecule has 3 N–H and O–H groups in total. The molecular formula is C26H29N5O2. The molecule has 1 aliphatic heterocycles. The fourth-order valence-corrected chi connectivity index (χ4v) is 5.89. The smallest absolute Gasteiger partial charge is 0.229 e. The van der Waals surface area contributed by atoms with Crippen LogP contribution in [0.1, 0.15) is 18.4 Å². The van der Waals surface area contributed by atoms with Gasteiger partial charge in [-0.15, -0.1) is 0 Å². The van der Waals surface area contributed by atoms with Crippen LogP contribution in [0.2, 0.25) is 0 Å². The summed E-state index contributed by atoms with van der Waals surface area (Å²) >= 11 is 0. The molecule has 3 aliphatic rings. The van der Waals surface area contributed by atoms with E-state index in [1.54, 1.807) is 6.20 Å². The molecule has 7 heteroatoms. The number of hydrogen-bond acceptors (Lipinski definition) is 6. The third kappa shape index (κ3) is 3.75. The Bertz CT molecular complexity index is 1210. The second-order valence-electron chi connectivity index (χ2n) is 9.61. The van der Waals surface area contributed by atoms with Gasteiger partial charge in [-0.05, 0) is 54.7 Å². The number of nitrogens with one attached hydrogen (secondary N) is 1. The van der Waals surface area contributed by atoms with Crippen molar-refractivity contribution in [3.63, 3.8) is 0 Å². The number of fused-ring (bicyclic) bond motifs is 2. The number of aromatic nitrogens is 2. The Morgan fingerprint density at radius 1 is 1.15 bits per heavy atom. The highest BCUT2D eigenvalue weighted by Gasteiger charge is 2.60. The van der Waals surface area contributed by atoms with Gasteiger partial charge in [-0.2, -0.15) is 0 Å². The minimum atomic E-state index is 0.0958. The highest BCUT2D eigenvalue weighted by Crippen LogP contribution is 2.58. The van der Waals surface area contributed by atoms with Crippen LogP contribution in [0.3, 0.4) is 0 Å². The monoisotopic (exact) mass is 443 g/mol. The zero-order valence-electron chi connectivity index (χ0n) is 18.8. The maximum Gasteiger partial charge on any atom is 0.229 e. The summed E-state index contributed by atoms with van der Waals surface area (Å²) in [6, 6.07) is 12.7. The quantitative estimate of drug-likeness (QED) is 0.641. The fraction of sp³-hybridized carbons (Fsp3) is 0.423. The Labute approximate surface area is 193 Å². The fourth-order valence-electron chi connectivity index (χ4n) is 5.89. The van der Waals surface area contributed by atoms with E-state index in [0.717, 1.165) is 66.7 Å². The zero-order valence-corrected chi connectivity index (χ0v) is 18.8. The predicted octanol–water partition coefficient (Wildman–Crippen LogP) is 3.48. The Kier molecular flexibility index (Phi) is 5.03.